The van der Waals surface area contributed by atoms with E-state index in [4.69, 9.17) is 19.6 Å². The molecule has 0 spiro atoms. The van der Waals surface area contributed by atoms with Crippen LogP contribution in [0.1, 0.15) is 68.7 Å². The Kier molecular flexibility index (Phi) is 7.20. The molecular formula is C27H33N7O2. The van der Waals surface area contributed by atoms with Crippen molar-refractivity contribution < 1.29 is 9.47 Å². The fourth-order valence-electron chi connectivity index (χ4n) is 5.16. The zero-order chi connectivity index (χ0) is 25.0. The van der Waals surface area contributed by atoms with Gasteiger partial charge in [0.05, 0.1) is 6.04 Å². The number of rotatable bonds is 9. The molecule has 2 heterocycles. The van der Waals surface area contributed by atoms with E-state index in [1.807, 2.05) is 25.1 Å². The predicted molar refractivity (Wildman–Crippen MR) is 136 cm³/mol. The van der Waals surface area contributed by atoms with Crippen molar-refractivity contribution in [2.24, 2.45) is 0 Å². The molecule has 5 rings (SSSR count). The average Bonchev–Trinajstić information content (AvgIpc) is 3.62. The van der Waals surface area contributed by atoms with E-state index in [-0.39, 0.29) is 0 Å². The fourth-order valence-corrected chi connectivity index (χ4v) is 5.16. The Labute approximate surface area is 211 Å². The summed E-state index contributed by atoms with van der Waals surface area (Å²) < 4.78 is 13.6. The van der Waals surface area contributed by atoms with Gasteiger partial charge < -0.3 is 9.47 Å². The molecule has 0 unspecified atom stereocenters. The van der Waals surface area contributed by atoms with E-state index in [0.29, 0.717) is 30.5 Å². The first-order chi connectivity index (χ1) is 17.7. The van der Waals surface area contributed by atoms with E-state index >= 15 is 0 Å². The summed E-state index contributed by atoms with van der Waals surface area (Å²) in [6, 6.07) is 17.0. The second-order valence-corrected chi connectivity index (χ2v) is 9.26. The topological polar surface area (TPSA) is 104 Å². The van der Waals surface area contributed by atoms with Gasteiger partial charge in [-0.2, -0.15) is 5.21 Å². The molecule has 2 aromatic heterocycles. The van der Waals surface area contributed by atoms with Crippen molar-refractivity contribution in [3.8, 4) is 22.5 Å². The highest BCUT2D eigenvalue weighted by Crippen LogP contribution is 2.33. The minimum Gasteiger partial charge on any atom is -0.347 e. The fraction of sp³-hybridized carbons (Fsp3) is 0.444. The van der Waals surface area contributed by atoms with E-state index in [1.165, 1.54) is 24.8 Å². The van der Waals surface area contributed by atoms with Crippen LogP contribution in [0.2, 0.25) is 0 Å². The van der Waals surface area contributed by atoms with Crippen LogP contribution in [0.25, 0.3) is 22.5 Å². The summed E-state index contributed by atoms with van der Waals surface area (Å²) in [6.45, 7) is 2.03. The summed E-state index contributed by atoms with van der Waals surface area (Å²) in [5.74, 6) is 1.20. The minimum atomic E-state index is -0.933. The van der Waals surface area contributed by atoms with Gasteiger partial charge in [0.1, 0.15) is 5.82 Å². The number of benzene rings is 2. The average molecular weight is 488 g/mol. The highest BCUT2D eigenvalue weighted by atomic mass is 16.7. The van der Waals surface area contributed by atoms with Gasteiger partial charge in [-0.15, -0.1) is 15.3 Å². The molecule has 9 nitrogen and oxygen atoms in total. The summed E-state index contributed by atoms with van der Waals surface area (Å²) in [6.07, 6.45) is 7.30. The Morgan fingerprint density at radius 1 is 0.972 bits per heavy atom. The zero-order valence-corrected chi connectivity index (χ0v) is 21.1. The van der Waals surface area contributed by atoms with Crippen LogP contribution < -0.4 is 0 Å². The third kappa shape index (κ3) is 4.68. The molecule has 0 atom stereocenters. The van der Waals surface area contributed by atoms with Crippen molar-refractivity contribution in [2.45, 2.75) is 63.7 Å². The van der Waals surface area contributed by atoms with Crippen molar-refractivity contribution in [1.29, 1.82) is 0 Å². The molecule has 9 heteroatoms. The third-order valence-electron chi connectivity index (χ3n) is 7.23. The van der Waals surface area contributed by atoms with Crippen molar-refractivity contribution in [3.63, 3.8) is 0 Å². The Morgan fingerprint density at radius 2 is 1.69 bits per heavy atom. The number of nitrogens with zero attached hydrogens (tertiary/aromatic N) is 6. The van der Waals surface area contributed by atoms with Crippen LogP contribution in [0.5, 0.6) is 0 Å². The maximum Gasteiger partial charge on any atom is 0.231 e. The standard InChI is InChI=1S/C27H33N7O2/c1-4-27(35-2,36-3)26-28-24(34(31-26)21-10-6-5-7-11-21)18-19-14-16-20(17-15-19)22-12-8-9-13-23(22)25-29-32-33-30-25/h8-9,12-17,21H,4-7,10-11,18H2,1-3H3,(H,29,30,32,33). The number of hydrogen-bond acceptors (Lipinski definition) is 7. The maximum absolute atomic E-state index is 5.76. The molecule has 4 aromatic rings. The molecule has 1 saturated carbocycles. The number of ether oxygens (including phenoxy) is 2. The molecule has 0 saturated heterocycles. The van der Waals surface area contributed by atoms with Crippen LogP contribution in [0.3, 0.4) is 0 Å². The molecule has 0 amide bonds. The van der Waals surface area contributed by atoms with Crippen molar-refractivity contribution in [1.82, 2.24) is 35.4 Å². The molecular weight excluding hydrogens is 454 g/mol. The summed E-state index contributed by atoms with van der Waals surface area (Å²) >= 11 is 0. The van der Waals surface area contributed by atoms with Crippen LogP contribution in [0, 0.1) is 0 Å². The highest BCUT2D eigenvalue weighted by molar-refractivity contribution is 5.80. The van der Waals surface area contributed by atoms with Gasteiger partial charge in [0.2, 0.25) is 17.4 Å². The van der Waals surface area contributed by atoms with Gasteiger partial charge in [-0.1, -0.05) is 74.7 Å². The molecule has 0 bridgehead atoms. The molecule has 1 fully saturated rings. The molecule has 36 heavy (non-hydrogen) atoms. The van der Waals surface area contributed by atoms with E-state index in [0.717, 1.165) is 35.4 Å². The molecule has 0 radical (unpaired) electrons. The summed E-state index contributed by atoms with van der Waals surface area (Å²) in [5, 5.41) is 19.5. The Bertz CT molecular complexity index is 1250. The Balaban J connectivity index is 1.45. The van der Waals surface area contributed by atoms with E-state index < -0.39 is 5.79 Å². The zero-order valence-electron chi connectivity index (χ0n) is 21.1. The van der Waals surface area contributed by atoms with E-state index in [9.17, 15) is 0 Å². The Hall–Kier alpha value is -3.43. The Morgan fingerprint density at radius 3 is 2.33 bits per heavy atom. The number of H-pyrrole nitrogens is 1. The SMILES string of the molecule is CCC(OC)(OC)c1nc(Cc2ccc(-c3ccccc3-c3nn[nH]n3)cc2)n(C2CCCCC2)n1. The molecule has 0 aliphatic heterocycles. The normalized spacial score (nSPS) is 14.9. The number of methoxy groups -OCH3 is 2. The number of hydrogen-bond donors (Lipinski definition) is 1. The molecule has 1 aliphatic rings. The second kappa shape index (κ2) is 10.7. The first kappa shape index (κ1) is 24.3. The lowest BCUT2D eigenvalue weighted by molar-refractivity contribution is -0.222. The maximum atomic E-state index is 5.76. The van der Waals surface area contributed by atoms with Gasteiger partial charge >= 0.3 is 0 Å². The van der Waals surface area contributed by atoms with Crippen molar-refractivity contribution in [2.75, 3.05) is 14.2 Å². The number of aromatic nitrogens is 7. The first-order valence-electron chi connectivity index (χ1n) is 12.7. The molecule has 2 aromatic carbocycles. The van der Waals surface area contributed by atoms with Crippen LogP contribution in [0.15, 0.2) is 48.5 Å². The van der Waals surface area contributed by atoms with E-state index in [2.05, 4.69) is 55.6 Å². The monoisotopic (exact) mass is 487 g/mol. The van der Waals surface area contributed by atoms with Gasteiger partial charge in [-0.25, -0.2) is 9.67 Å². The lowest BCUT2D eigenvalue weighted by atomic mass is 9.95. The highest BCUT2D eigenvalue weighted by Gasteiger charge is 2.36. The van der Waals surface area contributed by atoms with Gasteiger partial charge in [0.25, 0.3) is 0 Å². The predicted octanol–water partition coefficient (Wildman–Crippen LogP) is 5.08. The van der Waals surface area contributed by atoms with Gasteiger partial charge in [-0.05, 0) is 34.7 Å². The summed E-state index contributed by atoms with van der Waals surface area (Å²) in [7, 11) is 3.30. The van der Waals surface area contributed by atoms with Crippen LogP contribution in [-0.2, 0) is 21.7 Å². The quantitative estimate of drug-likeness (QED) is 0.328. The second-order valence-electron chi connectivity index (χ2n) is 9.26. The first-order valence-corrected chi connectivity index (χ1v) is 12.7. The van der Waals surface area contributed by atoms with Crippen LogP contribution >= 0.6 is 0 Å². The smallest absolute Gasteiger partial charge is 0.231 e. The molecule has 1 aliphatic carbocycles. The van der Waals surface area contributed by atoms with Crippen molar-refractivity contribution in [3.05, 3.63) is 65.7 Å². The van der Waals surface area contributed by atoms with Crippen LogP contribution in [0.4, 0.5) is 0 Å². The molecule has 188 valence electrons. The molecule has 1 N–H and O–H groups in total. The lowest BCUT2D eigenvalue weighted by Crippen LogP contribution is -2.31. The number of aromatic amines is 1. The summed E-state index contributed by atoms with van der Waals surface area (Å²) in [4.78, 5) is 4.97. The largest absolute Gasteiger partial charge is 0.347 e. The number of tetrazole rings is 1. The lowest BCUT2D eigenvalue weighted by Gasteiger charge is -2.26. The number of nitrogens with one attached hydrogen (secondary N) is 1. The van der Waals surface area contributed by atoms with Gasteiger partial charge in [0.15, 0.2) is 0 Å². The third-order valence-corrected chi connectivity index (χ3v) is 7.23. The van der Waals surface area contributed by atoms with Crippen LogP contribution in [-0.4, -0.2) is 49.6 Å². The van der Waals surface area contributed by atoms with E-state index in [1.54, 1.807) is 14.2 Å². The van der Waals surface area contributed by atoms with Gasteiger partial charge in [-0.3, -0.25) is 0 Å². The van der Waals surface area contributed by atoms with Crippen molar-refractivity contribution >= 4 is 0 Å². The van der Waals surface area contributed by atoms with Gasteiger partial charge in [0, 0.05) is 32.6 Å². The summed E-state index contributed by atoms with van der Waals surface area (Å²) in [5.41, 5.74) is 4.27. The minimum absolute atomic E-state index is 0.361.